The number of thiazole rings is 1. The van der Waals surface area contributed by atoms with Crippen molar-refractivity contribution in [1.82, 2.24) is 4.98 Å². The fourth-order valence-corrected chi connectivity index (χ4v) is 5.80. The second kappa shape index (κ2) is 7.62. The molecule has 1 aliphatic rings. The molecule has 1 aliphatic heterocycles. The number of hydrogen-bond donors (Lipinski definition) is 1. The highest BCUT2D eigenvalue weighted by atomic mass is 79.9. The number of anilines is 1. The van der Waals surface area contributed by atoms with E-state index < -0.39 is 40.1 Å². The van der Waals surface area contributed by atoms with Crippen LogP contribution in [-0.2, 0) is 16.1 Å². The number of carboxylic acids is 1. The van der Waals surface area contributed by atoms with E-state index in [0.29, 0.717) is 21.1 Å². The first-order valence-corrected chi connectivity index (χ1v) is 10.7. The summed E-state index contributed by atoms with van der Waals surface area (Å²) in [4.78, 5) is 30.1. The number of rotatable bonds is 4. The van der Waals surface area contributed by atoms with Crippen LogP contribution in [0, 0.1) is 17.5 Å². The average molecular weight is 503 g/mol. The molecule has 0 fully saturated rings. The van der Waals surface area contributed by atoms with Crippen LogP contribution in [0.4, 0.5) is 18.9 Å². The van der Waals surface area contributed by atoms with Crippen molar-refractivity contribution in [1.29, 1.82) is 0 Å². The van der Waals surface area contributed by atoms with Gasteiger partial charge in [0.1, 0.15) is 16.3 Å². The summed E-state index contributed by atoms with van der Waals surface area (Å²) >= 11 is 5.36. The summed E-state index contributed by atoms with van der Waals surface area (Å²) in [6, 6.07) is 5.63. The fraction of sp³-hybridized carbons (Fsp3) is 0.167. The summed E-state index contributed by atoms with van der Waals surface area (Å²) in [5.74, 6) is -5.10. The lowest BCUT2D eigenvalue weighted by molar-refractivity contribution is -0.138. The molecule has 3 aromatic rings. The first-order chi connectivity index (χ1) is 13.8. The molecule has 4 rings (SSSR count). The molecule has 2 aromatic carbocycles. The Morgan fingerprint density at radius 3 is 2.76 bits per heavy atom. The lowest BCUT2D eigenvalue weighted by Gasteiger charge is -2.33. The van der Waals surface area contributed by atoms with E-state index in [-0.39, 0.29) is 22.7 Å². The molecular formula is C18H10BrF3N2O3S2. The fourth-order valence-electron chi connectivity index (χ4n) is 2.99. The molecule has 5 nitrogen and oxygen atoms in total. The molecule has 29 heavy (non-hydrogen) atoms. The zero-order chi connectivity index (χ0) is 20.9. The molecule has 150 valence electrons. The molecule has 1 atom stereocenters. The number of carbonyl (C=O) groups is 2. The third kappa shape index (κ3) is 3.62. The number of halogens is 4. The van der Waals surface area contributed by atoms with E-state index in [2.05, 4.69) is 20.9 Å². The summed E-state index contributed by atoms with van der Waals surface area (Å²) in [5, 5.41) is 8.47. The Hall–Kier alpha value is -2.11. The van der Waals surface area contributed by atoms with Crippen molar-refractivity contribution in [3.63, 3.8) is 0 Å². The van der Waals surface area contributed by atoms with Crippen LogP contribution in [-0.4, -0.2) is 27.2 Å². The van der Waals surface area contributed by atoms with E-state index in [0.717, 1.165) is 23.1 Å². The molecule has 0 spiro atoms. The number of nitrogens with zero attached hydrogens (tertiary/aromatic N) is 2. The maximum atomic E-state index is 14.0. The minimum absolute atomic E-state index is 0.126. The van der Waals surface area contributed by atoms with E-state index in [4.69, 9.17) is 5.11 Å². The van der Waals surface area contributed by atoms with E-state index in [1.165, 1.54) is 4.90 Å². The SMILES string of the molecule is O=C(O)CC1Sc2c(Br)cccc2N(Cc2nc3c(F)c(F)cc(F)c3s2)C1=O. The summed E-state index contributed by atoms with van der Waals surface area (Å²) in [5.41, 5.74) is 0.0975. The van der Waals surface area contributed by atoms with Gasteiger partial charge in [-0.2, -0.15) is 0 Å². The lowest BCUT2D eigenvalue weighted by atomic mass is 10.2. The molecule has 11 heteroatoms. The Kier molecular flexibility index (Phi) is 5.30. The van der Waals surface area contributed by atoms with Gasteiger partial charge in [0.15, 0.2) is 11.6 Å². The van der Waals surface area contributed by atoms with Crippen LogP contribution >= 0.6 is 39.0 Å². The highest BCUT2D eigenvalue weighted by Crippen LogP contribution is 2.45. The predicted molar refractivity (Wildman–Crippen MR) is 107 cm³/mol. The standard InChI is InChI=1S/C18H10BrF3N2O3S2/c19-7-2-1-3-10-16(7)28-11(5-13(25)26)18(27)24(10)6-12-23-15-14(22)8(20)4-9(21)17(15)29-12/h1-4,11H,5-6H2,(H,25,26). The minimum Gasteiger partial charge on any atom is -0.481 e. The number of aromatic nitrogens is 1. The lowest BCUT2D eigenvalue weighted by Crippen LogP contribution is -2.41. The van der Waals surface area contributed by atoms with Gasteiger partial charge in [-0.05, 0) is 28.1 Å². The topological polar surface area (TPSA) is 70.5 Å². The maximum absolute atomic E-state index is 14.0. The molecule has 2 heterocycles. The summed E-state index contributed by atoms with van der Waals surface area (Å²) in [6.45, 7) is -0.126. The summed E-state index contributed by atoms with van der Waals surface area (Å²) in [6.07, 6.45) is -0.380. The molecule has 0 aliphatic carbocycles. The maximum Gasteiger partial charge on any atom is 0.305 e. The summed E-state index contributed by atoms with van der Waals surface area (Å²) < 4.78 is 42.0. The number of carboxylic acid groups (broad SMARTS) is 1. The summed E-state index contributed by atoms with van der Waals surface area (Å²) in [7, 11) is 0. The van der Waals surface area contributed by atoms with Crippen LogP contribution in [0.3, 0.4) is 0 Å². The van der Waals surface area contributed by atoms with Crippen LogP contribution in [0.2, 0.25) is 0 Å². The number of thioether (sulfide) groups is 1. The smallest absolute Gasteiger partial charge is 0.305 e. The number of carbonyl (C=O) groups excluding carboxylic acids is 1. The number of fused-ring (bicyclic) bond motifs is 2. The molecule has 0 saturated heterocycles. The third-order valence-electron chi connectivity index (χ3n) is 4.25. The molecule has 0 saturated carbocycles. The van der Waals surface area contributed by atoms with Crippen molar-refractivity contribution < 1.29 is 27.9 Å². The van der Waals surface area contributed by atoms with E-state index in [1.807, 2.05) is 0 Å². The predicted octanol–water partition coefficient (Wildman–Crippen LogP) is 4.96. The van der Waals surface area contributed by atoms with Gasteiger partial charge in [0.2, 0.25) is 5.91 Å². The van der Waals surface area contributed by atoms with Crippen LogP contribution in [0.15, 0.2) is 33.6 Å². The van der Waals surface area contributed by atoms with Gasteiger partial charge >= 0.3 is 5.97 Å². The van der Waals surface area contributed by atoms with Crippen LogP contribution in [0.25, 0.3) is 10.2 Å². The molecule has 0 radical (unpaired) electrons. The second-order valence-corrected chi connectivity index (χ2v) is 9.31. The highest BCUT2D eigenvalue weighted by Gasteiger charge is 2.36. The number of amides is 1. The number of benzene rings is 2. The Morgan fingerprint density at radius 1 is 1.28 bits per heavy atom. The molecule has 1 aromatic heterocycles. The van der Waals surface area contributed by atoms with Gasteiger partial charge < -0.3 is 10.0 Å². The van der Waals surface area contributed by atoms with Gasteiger partial charge in [-0.15, -0.1) is 23.1 Å². The van der Waals surface area contributed by atoms with Gasteiger partial charge in [0, 0.05) is 15.4 Å². The van der Waals surface area contributed by atoms with Gasteiger partial charge in [-0.3, -0.25) is 9.59 Å². The average Bonchev–Trinajstić information content (AvgIpc) is 3.08. The Morgan fingerprint density at radius 2 is 2.03 bits per heavy atom. The van der Waals surface area contributed by atoms with Crippen molar-refractivity contribution in [2.24, 2.45) is 0 Å². The van der Waals surface area contributed by atoms with Crippen molar-refractivity contribution in [3.05, 3.63) is 51.2 Å². The van der Waals surface area contributed by atoms with Gasteiger partial charge in [0.05, 0.1) is 28.6 Å². The van der Waals surface area contributed by atoms with Crippen LogP contribution < -0.4 is 4.90 Å². The zero-order valence-corrected chi connectivity index (χ0v) is 17.5. The normalized spacial score (nSPS) is 16.3. The van der Waals surface area contributed by atoms with Crippen LogP contribution in [0.1, 0.15) is 11.4 Å². The van der Waals surface area contributed by atoms with Crippen molar-refractivity contribution in [2.45, 2.75) is 23.1 Å². The van der Waals surface area contributed by atoms with E-state index >= 15 is 0 Å². The molecular weight excluding hydrogens is 493 g/mol. The molecule has 1 N–H and O–H groups in total. The Balaban J connectivity index is 1.77. The largest absolute Gasteiger partial charge is 0.481 e. The number of hydrogen-bond acceptors (Lipinski definition) is 5. The van der Waals surface area contributed by atoms with Crippen molar-refractivity contribution >= 4 is 66.8 Å². The Bertz CT molecular complexity index is 1170. The quantitative estimate of drug-likeness (QED) is 0.510. The van der Waals surface area contributed by atoms with E-state index in [1.54, 1.807) is 18.2 Å². The first kappa shape index (κ1) is 20.2. The van der Waals surface area contributed by atoms with Gasteiger partial charge in [-0.1, -0.05) is 6.07 Å². The second-order valence-electron chi connectivity index (χ2n) is 6.16. The van der Waals surface area contributed by atoms with Gasteiger partial charge in [-0.25, -0.2) is 18.2 Å². The van der Waals surface area contributed by atoms with Crippen LogP contribution in [0.5, 0.6) is 0 Å². The third-order valence-corrected chi connectivity index (χ3v) is 7.54. The highest BCUT2D eigenvalue weighted by molar-refractivity contribution is 9.10. The Labute approximate surface area is 178 Å². The monoisotopic (exact) mass is 502 g/mol. The molecule has 1 unspecified atom stereocenters. The number of aliphatic carboxylic acids is 1. The first-order valence-electron chi connectivity index (χ1n) is 8.17. The zero-order valence-electron chi connectivity index (χ0n) is 14.3. The minimum atomic E-state index is -1.34. The molecule has 0 bridgehead atoms. The molecule has 1 amide bonds. The van der Waals surface area contributed by atoms with E-state index in [9.17, 15) is 22.8 Å². The van der Waals surface area contributed by atoms with Gasteiger partial charge in [0.25, 0.3) is 0 Å². The van der Waals surface area contributed by atoms with Crippen molar-refractivity contribution in [3.8, 4) is 0 Å². The van der Waals surface area contributed by atoms with Crippen molar-refractivity contribution in [2.75, 3.05) is 4.90 Å².